The molecule has 2 atom stereocenters. The summed E-state index contributed by atoms with van der Waals surface area (Å²) in [6.07, 6.45) is 5.72. The van der Waals surface area contributed by atoms with Crippen LogP contribution in [0, 0.1) is 11.8 Å². The summed E-state index contributed by atoms with van der Waals surface area (Å²) in [7, 11) is 1.66. The third-order valence-electron chi connectivity index (χ3n) is 3.83. The van der Waals surface area contributed by atoms with Crippen molar-refractivity contribution in [3.05, 3.63) is 24.5 Å². The zero-order valence-corrected chi connectivity index (χ0v) is 11.5. The van der Waals surface area contributed by atoms with Gasteiger partial charge in [0.25, 0.3) is 0 Å². The number of urea groups is 1. The molecule has 1 aliphatic carbocycles. The molecule has 0 radical (unpaired) electrons. The van der Waals surface area contributed by atoms with Crippen LogP contribution in [0.15, 0.2) is 24.5 Å². The van der Waals surface area contributed by atoms with Crippen molar-refractivity contribution in [2.75, 3.05) is 18.5 Å². The van der Waals surface area contributed by atoms with Crippen molar-refractivity contribution >= 4 is 17.7 Å². The second-order valence-corrected chi connectivity index (χ2v) is 5.09. The van der Waals surface area contributed by atoms with E-state index >= 15 is 0 Å². The zero-order chi connectivity index (χ0) is 14.5. The number of nitrogens with one attached hydrogen (secondary N) is 1. The molecule has 1 saturated carbocycles. The lowest BCUT2D eigenvalue weighted by Crippen LogP contribution is -2.41. The monoisotopic (exact) mass is 277 g/mol. The highest BCUT2D eigenvalue weighted by atomic mass is 16.4. The van der Waals surface area contributed by atoms with Gasteiger partial charge < -0.3 is 10.4 Å². The van der Waals surface area contributed by atoms with Gasteiger partial charge in [0.05, 0.1) is 17.8 Å². The van der Waals surface area contributed by atoms with Gasteiger partial charge in [0, 0.05) is 19.8 Å². The van der Waals surface area contributed by atoms with Crippen molar-refractivity contribution in [1.29, 1.82) is 0 Å². The molecule has 0 saturated heterocycles. The van der Waals surface area contributed by atoms with Crippen LogP contribution in [0.1, 0.15) is 19.3 Å². The van der Waals surface area contributed by atoms with E-state index in [1.165, 1.54) is 4.90 Å². The highest BCUT2D eigenvalue weighted by Gasteiger charge is 2.33. The van der Waals surface area contributed by atoms with Crippen molar-refractivity contribution in [1.82, 2.24) is 10.3 Å². The molecule has 6 heteroatoms. The molecule has 1 aliphatic rings. The van der Waals surface area contributed by atoms with Crippen LogP contribution in [-0.2, 0) is 4.79 Å². The van der Waals surface area contributed by atoms with Crippen molar-refractivity contribution in [3.8, 4) is 0 Å². The Morgan fingerprint density at radius 1 is 1.50 bits per heavy atom. The van der Waals surface area contributed by atoms with Gasteiger partial charge in [-0.2, -0.15) is 0 Å². The van der Waals surface area contributed by atoms with E-state index in [-0.39, 0.29) is 17.9 Å². The normalized spacial score (nSPS) is 21.4. The fraction of sp³-hybridized carbons (Fsp3) is 0.500. The maximum absolute atomic E-state index is 12.0. The number of aliphatic carboxylic acids is 1. The number of anilines is 1. The van der Waals surface area contributed by atoms with Gasteiger partial charge >= 0.3 is 12.0 Å². The Hall–Kier alpha value is -2.11. The molecule has 1 fully saturated rings. The molecule has 0 spiro atoms. The molecule has 2 N–H and O–H groups in total. The molecule has 0 aromatic carbocycles. The summed E-state index contributed by atoms with van der Waals surface area (Å²) in [5, 5.41) is 11.9. The predicted octanol–water partition coefficient (Wildman–Crippen LogP) is 1.73. The standard InChI is InChI=1S/C14H19N3O3/c1-17(11-5-3-7-15-9-11)14(20)16-8-10-4-2-6-12(10)13(18)19/h3,5,7,9-10,12H,2,4,6,8H2,1H3,(H,16,20)(H,18,19). The van der Waals surface area contributed by atoms with Gasteiger partial charge in [-0.1, -0.05) is 6.42 Å². The summed E-state index contributed by atoms with van der Waals surface area (Å²) >= 11 is 0. The third-order valence-corrected chi connectivity index (χ3v) is 3.83. The quantitative estimate of drug-likeness (QED) is 0.878. The average molecular weight is 277 g/mol. The average Bonchev–Trinajstić information content (AvgIpc) is 2.93. The molecule has 1 aromatic rings. The number of carboxylic acids is 1. The van der Waals surface area contributed by atoms with Gasteiger partial charge in [0.2, 0.25) is 0 Å². The number of carbonyl (C=O) groups is 2. The van der Waals surface area contributed by atoms with Gasteiger partial charge in [-0.05, 0) is 30.9 Å². The minimum Gasteiger partial charge on any atom is -0.481 e. The smallest absolute Gasteiger partial charge is 0.321 e. The van der Waals surface area contributed by atoms with Gasteiger partial charge in [-0.25, -0.2) is 4.79 Å². The van der Waals surface area contributed by atoms with E-state index in [1.54, 1.807) is 31.6 Å². The lowest BCUT2D eigenvalue weighted by molar-refractivity contribution is -0.142. The first-order valence-corrected chi connectivity index (χ1v) is 6.74. The largest absolute Gasteiger partial charge is 0.481 e. The highest BCUT2D eigenvalue weighted by molar-refractivity contribution is 5.91. The second kappa shape index (κ2) is 6.36. The Balaban J connectivity index is 1.87. The maximum atomic E-state index is 12.0. The van der Waals surface area contributed by atoms with Gasteiger partial charge in [-0.15, -0.1) is 0 Å². The van der Waals surface area contributed by atoms with E-state index in [0.29, 0.717) is 18.7 Å². The first kappa shape index (κ1) is 14.3. The summed E-state index contributed by atoms with van der Waals surface area (Å²) in [6, 6.07) is 3.31. The Bertz CT molecular complexity index is 478. The predicted molar refractivity (Wildman–Crippen MR) is 74.5 cm³/mol. The summed E-state index contributed by atoms with van der Waals surface area (Å²) < 4.78 is 0. The number of amides is 2. The van der Waals surface area contributed by atoms with E-state index in [4.69, 9.17) is 5.11 Å². The number of nitrogens with zero attached hydrogens (tertiary/aromatic N) is 2. The van der Waals surface area contributed by atoms with E-state index < -0.39 is 5.97 Å². The van der Waals surface area contributed by atoms with Crippen LogP contribution in [-0.4, -0.2) is 35.7 Å². The maximum Gasteiger partial charge on any atom is 0.321 e. The Morgan fingerprint density at radius 2 is 2.30 bits per heavy atom. The van der Waals surface area contributed by atoms with E-state index in [9.17, 15) is 9.59 Å². The first-order chi connectivity index (χ1) is 9.59. The molecule has 2 rings (SSSR count). The molecule has 108 valence electrons. The molecule has 6 nitrogen and oxygen atoms in total. The zero-order valence-electron chi connectivity index (χ0n) is 11.5. The SMILES string of the molecule is CN(C(=O)NCC1CCCC1C(=O)O)c1cccnc1. The molecule has 0 bridgehead atoms. The molecule has 1 aromatic heterocycles. The Labute approximate surface area is 117 Å². The third kappa shape index (κ3) is 3.26. The number of carbonyl (C=O) groups excluding carboxylic acids is 1. The number of carboxylic acid groups (broad SMARTS) is 1. The van der Waals surface area contributed by atoms with Gasteiger partial charge in [0.15, 0.2) is 0 Å². The first-order valence-electron chi connectivity index (χ1n) is 6.74. The molecule has 2 amide bonds. The summed E-state index contributed by atoms with van der Waals surface area (Å²) in [4.78, 5) is 28.5. The van der Waals surface area contributed by atoms with Crippen molar-refractivity contribution in [2.45, 2.75) is 19.3 Å². The van der Waals surface area contributed by atoms with Crippen LogP contribution in [0.4, 0.5) is 10.5 Å². The number of hydrogen-bond acceptors (Lipinski definition) is 3. The molecule has 0 aliphatic heterocycles. The van der Waals surface area contributed by atoms with Gasteiger partial charge in [0.1, 0.15) is 0 Å². The topological polar surface area (TPSA) is 82.5 Å². The fourth-order valence-corrected chi connectivity index (χ4v) is 2.61. The summed E-state index contributed by atoms with van der Waals surface area (Å²) in [6.45, 7) is 0.403. The van der Waals surface area contributed by atoms with E-state index in [2.05, 4.69) is 10.3 Å². The van der Waals surface area contributed by atoms with Crippen LogP contribution in [0.5, 0.6) is 0 Å². The van der Waals surface area contributed by atoms with Crippen molar-refractivity contribution in [3.63, 3.8) is 0 Å². The second-order valence-electron chi connectivity index (χ2n) is 5.09. The molecular weight excluding hydrogens is 258 g/mol. The lowest BCUT2D eigenvalue weighted by atomic mass is 9.96. The van der Waals surface area contributed by atoms with E-state index in [1.807, 2.05) is 0 Å². The molecule has 2 unspecified atom stereocenters. The number of hydrogen-bond donors (Lipinski definition) is 2. The van der Waals surface area contributed by atoms with Crippen LogP contribution < -0.4 is 10.2 Å². The number of pyridine rings is 1. The lowest BCUT2D eigenvalue weighted by Gasteiger charge is -2.21. The van der Waals surface area contributed by atoms with Crippen LogP contribution in [0.2, 0.25) is 0 Å². The Morgan fingerprint density at radius 3 is 2.95 bits per heavy atom. The van der Waals surface area contributed by atoms with Crippen LogP contribution in [0.25, 0.3) is 0 Å². The Kier molecular flexibility index (Phi) is 4.55. The number of aromatic nitrogens is 1. The van der Waals surface area contributed by atoms with Crippen LogP contribution in [0.3, 0.4) is 0 Å². The van der Waals surface area contributed by atoms with Crippen molar-refractivity contribution < 1.29 is 14.7 Å². The van der Waals surface area contributed by atoms with E-state index in [0.717, 1.165) is 12.8 Å². The molecule has 20 heavy (non-hydrogen) atoms. The highest BCUT2D eigenvalue weighted by Crippen LogP contribution is 2.31. The molecule has 1 heterocycles. The summed E-state index contributed by atoms with van der Waals surface area (Å²) in [5.41, 5.74) is 0.700. The summed E-state index contributed by atoms with van der Waals surface area (Å²) in [5.74, 6) is -1.07. The molecular formula is C14H19N3O3. The van der Waals surface area contributed by atoms with Crippen LogP contribution >= 0.6 is 0 Å². The fourth-order valence-electron chi connectivity index (χ4n) is 2.61. The minimum atomic E-state index is -0.762. The minimum absolute atomic E-state index is 0.0266. The van der Waals surface area contributed by atoms with Crippen molar-refractivity contribution in [2.24, 2.45) is 11.8 Å². The number of rotatable bonds is 4. The van der Waals surface area contributed by atoms with Gasteiger partial charge in [-0.3, -0.25) is 14.7 Å².